The molecule has 1 unspecified atom stereocenters. The van der Waals surface area contributed by atoms with Gasteiger partial charge in [-0.1, -0.05) is 42.5 Å². The summed E-state index contributed by atoms with van der Waals surface area (Å²) < 4.78 is 0. The zero-order valence-electron chi connectivity index (χ0n) is 16.1. The number of nitrogens with zero attached hydrogens (tertiary/aromatic N) is 4. The summed E-state index contributed by atoms with van der Waals surface area (Å²) in [4.78, 5) is 13.4. The van der Waals surface area contributed by atoms with E-state index in [1.807, 2.05) is 31.3 Å². The molecule has 0 saturated carbocycles. The third-order valence-corrected chi connectivity index (χ3v) is 5.17. The van der Waals surface area contributed by atoms with Crippen molar-refractivity contribution in [3.8, 4) is 0 Å². The Morgan fingerprint density at radius 2 is 1.96 bits per heavy atom. The van der Waals surface area contributed by atoms with Gasteiger partial charge < -0.3 is 10.2 Å². The number of hydrogen-bond acceptors (Lipinski definition) is 5. The molecule has 1 N–H and O–H groups in total. The molecule has 0 aliphatic carbocycles. The number of rotatable bonds is 5. The maximum Gasteiger partial charge on any atom is 0.226 e. The van der Waals surface area contributed by atoms with Gasteiger partial charge >= 0.3 is 0 Å². The number of aromatic nitrogens is 2. The second-order valence-corrected chi connectivity index (χ2v) is 7.49. The monoisotopic (exact) mass is 361 g/mol. The molecule has 1 saturated heterocycles. The molecule has 5 heteroatoms. The first-order chi connectivity index (χ1) is 13.2. The Hall–Kier alpha value is -2.66. The van der Waals surface area contributed by atoms with Crippen LogP contribution in [0.1, 0.15) is 18.4 Å². The summed E-state index contributed by atoms with van der Waals surface area (Å²) in [5, 5.41) is 6.29. The largest absolute Gasteiger partial charge is 0.366 e. The van der Waals surface area contributed by atoms with Gasteiger partial charge in [0, 0.05) is 39.4 Å². The summed E-state index contributed by atoms with van der Waals surface area (Å²) in [5.41, 5.74) is 1.41. The number of nitrogens with one attached hydrogen (secondary N) is 1. The van der Waals surface area contributed by atoms with Gasteiger partial charge in [-0.15, -0.1) is 0 Å². The van der Waals surface area contributed by atoms with Crippen LogP contribution in [0, 0.1) is 0 Å². The lowest BCUT2D eigenvalue weighted by Gasteiger charge is -2.33. The van der Waals surface area contributed by atoms with E-state index >= 15 is 0 Å². The van der Waals surface area contributed by atoms with Crippen LogP contribution in [0.2, 0.25) is 0 Å². The second-order valence-electron chi connectivity index (χ2n) is 7.49. The molecule has 0 radical (unpaired) electrons. The van der Waals surface area contributed by atoms with Crippen molar-refractivity contribution >= 4 is 22.5 Å². The molecule has 0 spiro atoms. The van der Waals surface area contributed by atoms with Crippen LogP contribution in [-0.2, 0) is 6.54 Å². The summed E-state index contributed by atoms with van der Waals surface area (Å²) in [7, 11) is 3.93. The Bertz CT molecular complexity index is 903. The zero-order chi connectivity index (χ0) is 18.6. The Labute approximate surface area is 161 Å². The maximum atomic E-state index is 4.60. The first-order valence-corrected chi connectivity index (χ1v) is 9.65. The first kappa shape index (κ1) is 17.7. The lowest BCUT2D eigenvalue weighted by Crippen LogP contribution is -2.41. The van der Waals surface area contributed by atoms with E-state index in [2.05, 4.69) is 62.6 Å². The predicted molar refractivity (Wildman–Crippen MR) is 112 cm³/mol. The van der Waals surface area contributed by atoms with Gasteiger partial charge in [0.25, 0.3) is 0 Å². The molecule has 3 aromatic rings. The summed E-state index contributed by atoms with van der Waals surface area (Å²) in [6.07, 6.45) is 4.20. The fourth-order valence-electron chi connectivity index (χ4n) is 3.84. The van der Waals surface area contributed by atoms with E-state index in [0.29, 0.717) is 6.04 Å². The standard InChI is InChI=1S/C22H27N5/c1-26(2)22-23-13-12-21(25-22)24-19-10-6-14-27(16-19)15-18-9-5-8-17-7-3-4-11-20(17)18/h3-5,7-9,11-13,19H,6,10,14-16H2,1-2H3,(H,23,24,25). The smallest absolute Gasteiger partial charge is 0.226 e. The number of anilines is 2. The van der Waals surface area contributed by atoms with Gasteiger partial charge in [0.1, 0.15) is 5.82 Å². The van der Waals surface area contributed by atoms with Crippen LogP contribution in [-0.4, -0.2) is 48.1 Å². The summed E-state index contributed by atoms with van der Waals surface area (Å²) in [6, 6.07) is 17.6. The summed E-state index contributed by atoms with van der Waals surface area (Å²) in [6.45, 7) is 3.17. The number of benzene rings is 2. The van der Waals surface area contributed by atoms with Crippen LogP contribution in [0.25, 0.3) is 10.8 Å². The van der Waals surface area contributed by atoms with Gasteiger partial charge in [0.2, 0.25) is 5.95 Å². The average molecular weight is 361 g/mol. The van der Waals surface area contributed by atoms with Crippen LogP contribution >= 0.6 is 0 Å². The maximum absolute atomic E-state index is 4.60. The van der Waals surface area contributed by atoms with Crippen LogP contribution in [0.5, 0.6) is 0 Å². The molecule has 0 bridgehead atoms. The Morgan fingerprint density at radius 1 is 1.11 bits per heavy atom. The highest BCUT2D eigenvalue weighted by molar-refractivity contribution is 5.85. The minimum atomic E-state index is 0.415. The first-order valence-electron chi connectivity index (χ1n) is 9.65. The Kier molecular flexibility index (Phi) is 5.21. The van der Waals surface area contributed by atoms with E-state index in [4.69, 9.17) is 0 Å². The minimum Gasteiger partial charge on any atom is -0.366 e. The van der Waals surface area contributed by atoms with Gasteiger partial charge in [-0.05, 0) is 41.8 Å². The van der Waals surface area contributed by atoms with Crippen molar-refractivity contribution in [2.75, 3.05) is 37.4 Å². The molecular weight excluding hydrogens is 334 g/mol. The lowest BCUT2D eigenvalue weighted by molar-refractivity contribution is 0.209. The predicted octanol–water partition coefficient (Wildman–Crippen LogP) is 3.77. The second kappa shape index (κ2) is 7.92. The van der Waals surface area contributed by atoms with Crippen molar-refractivity contribution in [1.29, 1.82) is 0 Å². The topological polar surface area (TPSA) is 44.3 Å². The van der Waals surface area contributed by atoms with E-state index in [9.17, 15) is 0 Å². The highest BCUT2D eigenvalue weighted by atomic mass is 15.2. The number of fused-ring (bicyclic) bond motifs is 1. The molecule has 1 aliphatic rings. The van der Waals surface area contributed by atoms with Crippen LogP contribution < -0.4 is 10.2 Å². The van der Waals surface area contributed by atoms with Crippen LogP contribution in [0.4, 0.5) is 11.8 Å². The number of likely N-dealkylation sites (tertiary alicyclic amines) is 1. The molecule has 2 heterocycles. The molecule has 1 aromatic heterocycles. The molecule has 4 rings (SSSR count). The fraction of sp³-hybridized carbons (Fsp3) is 0.364. The zero-order valence-corrected chi connectivity index (χ0v) is 16.1. The molecule has 2 aromatic carbocycles. The molecule has 1 aliphatic heterocycles. The third-order valence-electron chi connectivity index (χ3n) is 5.17. The van der Waals surface area contributed by atoms with E-state index < -0.39 is 0 Å². The molecule has 1 fully saturated rings. The van der Waals surface area contributed by atoms with Gasteiger partial charge in [0.15, 0.2) is 0 Å². The molecule has 140 valence electrons. The third kappa shape index (κ3) is 4.19. The number of hydrogen-bond donors (Lipinski definition) is 1. The van der Waals surface area contributed by atoms with E-state index in [1.54, 1.807) is 0 Å². The van der Waals surface area contributed by atoms with Crippen LogP contribution in [0.15, 0.2) is 54.7 Å². The van der Waals surface area contributed by atoms with Crippen molar-refractivity contribution in [2.45, 2.75) is 25.4 Å². The average Bonchev–Trinajstić information content (AvgIpc) is 2.69. The highest BCUT2D eigenvalue weighted by Crippen LogP contribution is 2.22. The summed E-state index contributed by atoms with van der Waals surface area (Å²) in [5.74, 6) is 1.65. The van der Waals surface area contributed by atoms with Gasteiger partial charge in [-0.25, -0.2) is 4.98 Å². The highest BCUT2D eigenvalue weighted by Gasteiger charge is 2.21. The SMILES string of the molecule is CN(C)c1nccc(NC2CCCN(Cc3cccc4ccccc34)C2)n1. The van der Waals surface area contributed by atoms with Gasteiger partial charge in [0.05, 0.1) is 0 Å². The van der Waals surface area contributed by atoms with Crippen molar-refractivity contribution in [3.63, 3.8) is 0 Å². The van der Waals surface area contributed by atoms with Crippen molar-refractivity contribution in [2.24, 2.45) is 0 Å². The van der Waals surface area contributed by atoms with E-state index in [0.717, 1.165) is 31.4 Å². The van der Waals surface area contributed by atoms with E-state index in [-0.39, 0.29) is 0 Å². The molecular formula is C22H27N5. The molecule has 5 nitrogen and oxygen atoms in total. The Balaban J connectivity index is 1.44. The van der Waals surface area contributed by atoms with Crippen LogP contribution in [0.3, 0.4) is 0 Å². The minimum absolute atomic E-state index is 0.415. The molecule has 0 amide bonds. The van der Waals surface area contributed by atoms with Crippen molar-refractivity contribution < 1.29 is 0 Å². The summed E-state index contributed by atoms with van der Waals surface area (Å²) >= 11 is 0. The van der Waals surface area contributed by atoms with Gasteiger partial charge in [-0.2, -0.15) is 4.98 Å². The lowest BCUT2D eigenvalue weighted by atomic mass is 10.0. The van der Waals surface area contributed by atoms with Gasteiger partial charge in [-0.3, -0.25) is 4.90 Å². The fourth-order valence-corrected chi connectivity index (χ4v) is 3.84. The van der Waals surface area contributed by atoms with E-state index in [1.165, 1.54) is 29.2 Å². The Morgan fingerprint density at radius 3 is 2.85 bits per heavy atom. The normalized spacial score (nSPS) is 17.8. The van der Waals surface area contributed by atoms with Crippen molar-refractivity contribution in [1.82, 2.24) is 14.9 Å². The van der Waals surface area contributed by atoms with Crippen molar-refractivity contribution in [3.05, 3.63) is 60.3 Å². The number of piperidine rings is 1. The quantitative estimate of drug-likeness (QED) is 0.749. The molecule has 27 heavy (non-hydrogen) atoms. The molecule has 1 atom stereocenters.